The highest BCUT2D eigenvalue weighted by atomic mass is 32.1. The number of ether oxygens (including phenoxy) is 3. The summed E-state index contributed by atoms with van der Waals surface area (Å²) in [6, 6.07) is 6.71. The van der Waals surface area contributed by atoms with Crippen LogP contribution in [0.25, 0.3) is 0 Å². The first-order valence-corrected chi connectivity index (χ1v) is 10.1. The van der Waals surface area contributed by atoms with Crippen molar-refractivity contribution in [2.75, 3.05) is 13.1 Å². The number of benzene rings is 1. The van der Waals surface area contributed by atoms with E-state index in [1.54, 1.807) is 41.6 Å². The van der Waals surface area contributed by atoms with Crippen LogP contribution in [0.3, 0.4) is 0 Å². The quantitative estimate of drug-likeness (QED) is 0.689. The van der Waals surface area contributed by atoms with Crippen molar-refractivity contribution in [2.45, 2.75) is 45.7 Å². The van der Waals surface area contributed by atoms with Crippen molar-refractivity contribution in [3.8, 4) is 5.75 Å². The molecule has 1 amide bonds. The van der Waals surface area contributed by atoms with Gasteiger partial charge in [-0.25, -0.2) is 9.78 Å². The fraction of sp³-hybridized carbons (Fsp3) is 0.450. The van der Waals surface area contributed by atoms with E-state index in [2.05, 4.69) is 4.98 Å². The molecule has 1 saturated heterocycles. The monoisotopic (exact) mass is 404 g/mol. The van der Waals surface area contributed by atoms with Gasteiger partial charge in [-0.15, -0.1) is 11.3 Å². The van der Waals surface area contributed by atoms with Crippen molar-refractivity contribution in [1.29, 1.82) is 0 Å². The number of carbonyl (C=O) groups is 2. The average Bonchev–Trinajstić information content (AvgIpc) is 3.18. The summed E-state index contributed by atoms with van der Waals surface area (Å²) in [6.45, 7) is 6.74. The van der Waals surface area contributed by atoms with E-state index in [9.17, 15) is 9.59 Å². The van der Waals surface area contributed by atoms with Gasteiger partial charge in [-0.3, -0.25) is 4.79 Å². The largest absolute Gasteiger partial charge is 0.487 e. The Labute approximate surface area is 168 Å². The number of nitrogens with zero attached hydrogens (tertiary/aromatic N) is 2. The number of thiazole rings is 1. The Morgan fingerprint density at radius 1 is 1.32 bits per heavy atom. The zero-order valence-corrected chi connectivity index (χ0v) is 17.0. The van der Waals surface area contributed by atoms with Crippen LogP contribution in [-0.2, 0) is 20.9 Å². The third-order valence-corrected chi connectivity index (χ3v) is 4.94. The second-order valence-corrected chi connectivity index (χ2v) is 7.56. The van der Waals surface area contributed by atoms with Crippen LogP contribution < -0.4 is 4.74 Å². The number of hydrogen-bond donors (Lipinski definition) is 0. The zero-order valence-electron chi connectivity index (χ0n) is 16.2. The molecule has 1 aliphatic rings. The lowest BCUT2D eigenvalue weighted by Gasteiger charge is -2.36. The third-order valence-electron chi connectivity index (χ3n) is 4.30. The minimum atomic E-state index is -0.871. The lowest BCUT2D eigenvalue weighted by Crippen LogP contribution is -2.51. The van der Waals surface area contributed by atoms with Gasteiger partial charge < -0.3 is 19.1 Å². The molecule has 0 aliphatic carbocycles. The highest BCUT2D eigenvalue weighted by Gasteiger charge is 2.30. The molecule has 1 aromatic heterocycles. The van der Waals surface area contributed by atoms with Crippen LogP contribution in [0.4, 0.5) is 0 Å². The van der Waals surface area contributed by atoms with Crippen LogP contribution in [0.1, 0.15) is 36.8 Å². The predicted molar refractivity (Wildman–Crippen MR) is 104 cm³/mol. The Kier molecular flexibility index (Phi) is 6.64. The van der Waals surface area contributed by atoms with Gasteiger partial charge in [0.15, 0.2) is 6.10 Å². The SMILES string of the molecule is CC1CN(C(=O)C(C)OC(=O)c2cccc(OCc3cscn3)c2)CC(C)O1. The van der Waals surface area contributed by atoms with Crippen LogP contribution in [0.2, 0.25) is 0 Å². The Morgan fingerprint density at radius 3 is 2.75 bits per heavy atom. The molecule has 0 N–H and O–H groups in total. The third kappa shape index (κ3) is 5.30. The summed E-state index contributed by atoms with van der Waals surface area (Å²) < 4.78 is 16.7. The Balaban J connectivity index is 1.57. The molecule has 0 radical (unpaired) electrons. The summed E-state index contributed by atoms with van der Waals surface area (Å²) in [5.41, 5.74) is 2.89. The van der Waals surface area contributed by atoms with Gasteiger partial charge in [-0.2, -0.15) is 0 Å². The average molecular weight is 404 g/mol. The van der Waals surface area contributed by atoms with E-state index >= 15 is 0 Å². The van der Waals surface area contributed by atoms with Crippen LogP contribution in [0.15, 0.2) is 35.2 Å². The molecular weight excluding hydrogens is 380 g/mol. The molecule has 0 saturated carbocycles. The Hall–Kier alpha value is -2.45. The van der Waals surface area contributed by atoms with Crippen LogP contribution in [0, 0.1) is 0 Å². The standard InChI is InChI=1S/C20H24N2O5S/c1-13-8-22(9-14(2)26-13)19(23)15(3)27-20(24)16-5-4-6-18(7-16)25-10-17-11-28-12-21-17/h4-7,11-15H,8-10H2,1-3H3. The van der Waals surface area contributed by atoms with Gasteiger partial charge in [0.25, 0.3) is 5.91 Å². The van der Waals surface area contributed by atoms with Crippen molar-refractivity contribution < 1.29 is 23.8 Å². The Morgan fingerprint density at radius 2 is 2.07 bits per heavy atom. The zero-order chi connectivity index (χ0) is 20.1. The van der Waals surface area contributed by atoms with Gasteiger partial charge in [-0.1, -0.05) is 6.07 Å². The molecule has 28 heavy (non-hydrogen) atoms. The predicted octanol–water partition coefficient (Wildman–Crippen LogP) is 2.90. The van der Waals surface area contributed by atoms with E-state index in [1.165, 1.54) is 11.3 Å². The minimum absolute atomic E-state index is 0.0397. The van der Waals surface area contributed by atoms with Gasteiger partial charge in [-0.05, 0) is 39.0 Å². The number of amides is 1. The summed E-state index contributed by atoms with van der Waals surface area (Å²) in [5.74, 6) is -0.238. The lowest BCUT2D eigenvalue weighted by molar-refractivity contribution is -0.151. The molecule has 0 spiro atoms. The maximum Gasteiger partial charge on any atom is 0.339 e. The molecule has 0 bridgehead atoms. The molecule has 1 fully saturated rings. The topological polar surface area (TPSA) is 78.0 Å². The van der Waals surface area contributed by atoms with Gasteiger partial charge in [0.2, 0.25) is 0 Å². The van der Waals surface area contributed by atoms with Gasteiger partial charge in [0.05, 0.1) is 29.0 Å². The normalized spacial score (nSPS) is 20.5. The highest BCUT2D eigenvalue weighted by Crippen LogP contribution is 2.18. The number of carbonyl (C=O) groups excluding carboxylic acids is 2. The molecule has 8 heteroatoms. The van der Waals surface area contributed by atoms with Crippen molar-refractivity contribution in [1.82, 2.24) is 9.88 Å². The van der Waals surface area contributed by atoms with E-state index in [-0.39, 0.29) is 18.1 Å². The first-order chi connectivity index (χ1) is 13.4. The summed E-state index contributed by atoms with van der Waals surface area (Å²) in [4.78, 5) is 30.9. The number of esters is 1. The van der Waals surface area contributed by atoms with Crippen molar-refractivity contribution in [3.05, 3.63) is 46.4 Å². The fourth-order valence-corrected chi connectivity index (χ4v) is 3.62. The summed E-state index contributed by atoms with van der Waals surface area (Å²) in [5, 5.41) is 1.90. The molecule has 2 heterocycles. The van der Waals surface area contributed by atoms with E-state index in [0.29, 0.717) is 31.0 Å². The van der Waals surface area contributed by atoms with Crippen molar-refractivity contribution in [2.24, 2.45) is 0 Å². The molecular formula is C20H24N2O5S. The molecule has 3 atom stereocenters. The number of aromatic nitrogens is 1. The van der Waals surface area contributed by atoms with Crippen LogP contribution in [0.5, 0.6) is 5.75 Å². The second-order valence-electron chi connectivity index (χ2n) is 6.84. The highest BCUT2D eigenvalue weighted by molar-refractivity contribution is 7.07. The van der Waals surface area contributed by atoms with E-state index < -0.39 is 12.1 Å². The first kappa shape index (κ1) is 20.3. The summed E-state index contributed by atoms with van der Waals surface area (Å²) in [7, 11) is 0. The van der Waals surface area contributed by atoms with Gasteiger partial charge in [0.1, 0.15) is 12.4 Å². The maximum absolute atomic E-state index is 12.6. The van der Waals surface area contributed by atoms with E-state index in [0.717, 1.165) is 5.69 Å². The van der Waals surface area contributed by atoms with Crippen LogP contribution in [-0.4, -0.2) is 53.2 Å². The number of rotatable bonds is 6. The van der Waals surface area contributed by atoms with Gasteiger partial charge in [0, 0.05) is 18.5 Å². The lowest BCUT2D eigenvalue weighted by atomic mass is 10.2. The molecule has 2 aromatic rings. The number of morpholine rings is 1. The van der Waals surface area contributed by atoms with E-state index in [1.807, 2.05) is 19.2 Å². The first-order valence-electron chi connectivity index (χ1n) is 9.17. The molecule has 3 unspecified atom stereocenters. The smallest absolute Gasteiger partial charge is 0.339 e. The Bertz CT molecular complexity index is 801. The fourth-order valence-electron chi connectivity index (χ4n) is 3.07. The van der Waals surface area contributed by atoms with Gasteiger partial charge >= 0.3 is 5.97 Å². The summed E-state index contributed by atoms with van der Waals surface area (Å²) >= 11 is 1.50. The van der Waals surface area contributed by atoms with E-state index in [4.69, 9.17) is 14.2 Å². The molecule has 3 rings (SSSR count). The van der Waals surface area contributed by atoms with Crippen molar-refractivity contribution >= 4 is 23.2 Å². The second kappa shape index (κ2) is 9.16. The summed E-state index contributed by atoms with van der Waals surface area (Å²) in [6.07, 6.45) is -0.950. The number of hydrogen-bond acceptors (Lipinski definition) is 7. The minimum Gasteiger partial charge on any atom is -0.487 e. The molecule has 1 aliphatic heterocycles. The van der Waals surface area contributed by atoms with Crippen LogP contribution >= 0.6 is 11.3 Å². The van der Waals surface area contributed by atoms with Crippen molar-refractivity contribution in [3.63, 3.8) is 0 Å². The molecule has 7 nitrogen and oxygen atoms in total. The molecule has 1 aromatic carbocycles. The maximum atomic E-state index is 12.6. The molecule has 150 valence electrons.